The topological polar surface area (TPSA) is 3.24 Å². The molecule has 66 valence electrons. The quantitative estimate of drug-likeness (QED) is 0.343. The average molecular weight is 161 g/mol. The fraction of sp³-hybridized carbons (Fsp3) is 0.900. The van der Waals surface area contributed by atoms with Gasteiger partial charge in [0.15, 0.2) is 0 Å². The standard InChI is InChI=1S/C10H20N.Li/c1-10(2,3)9-5-7-11(4)8-6-9;/h7,9H,5-6,8H2,1-4H3;/q-1;+1/t9-;/m1./s1. The van der Waals surface area contributed by atoms with Crippen molar-refractivity contribution in [3.05, 3.63) is 6.54 Å². The van der Waals surface area contributed by atoms with Crippen LogP contribution in [-0.2, 0) is 0 Å². The van der Waals surface area contributed by atoms with Gasteiger partial charge < -0.3 is 4.90 Å². The molecule has 1 saturated heterocycles. The smallest absolute Gasteiger partial charge is 0.459 e. The molecule has 0 radical (unpaired) electrons. The van der Waals surface area contributed by atoms with Gasteiger partial charge in [-0.2, -0.15) is 6.42 Å². The Bertz CT molecular complexity index is 120. The van der Waals surface area contributed by atoms with Crippen LogP contribution in [0.4, 0.5) is 0 Å². The summed E-state index contributed by atoms with van der Waals surface area (Å²) in [5.41, 5.74) is 0.498. The van der Waals surface area contributed by atoms with E-state index >= 15 is 0 Å². The van der Waals surface area contributed by atoms with Crippen LogP contribution in [0.5, 0.6) is 0 Å². The Morgan fingerprint density at radius 3 is 2.25 bits per heavy atom. The van der Waals surface area contributed by atoms with E-state index in [0.717, 1.165) is 5.92 Å². The van der Waals surface area contributed by atoms with Gasteiger partial charge >= 0.3 is 18.9 Å². The van der Waals surface area contributed by atoms with Crippen molar-refractivity contribution in [1.29, 1.82) is 0 Å². The normalized spacial score (nSPS) is 26.5. The first-order chi connectivity index (χ1) is 5.00. The Morgan fingerprint density at radius 2 is 1.92 bits per heavy atom. The van der Waals surface area contributed by atoms with Crippen molar-refractivity contribution < 1.29 is 18.9 Å². The van der Waals surface area contributed by atoms with E-state index in [-0.39, 0.29) is 18.9 Å². The summed E-state index contributed by atoms with van der Waals surface area (Å²) < 4.78 is 0. The molecule has 1 rings (SSSR count). The Morgan fingerprint density at radius 1 is 1.33 bits per heavy atom. The predicted molar refractivity (Wildman–Crippen MR) is 49.1 cm³/mol. The van der Waals surface area contributed by atoms with Gasteiger partial charge in [-0.3, -0.25) is 6.54 Å². The molecule has 2 heteroatoms. The van der Waals surface area contributed by atoms with Crippen molar-refractivity contribution in [2.75, 3.05) is 13.6 Å². The summed E-state index contributed by atoms with van der Waals surface area (Å²) in [5.74, 6) is 0.888. The van der Waals surface area contributed by atoms with Crippen molar-refractivity contribution in [1.82, 2.24) is 4.90 Å². The Kier molecular flexibility index (Phi) is 4.92. The van der Waals surface area contributed by atoms with Crippen molar-refractivity contribution >= 4 is 0 Å². The maximum absolute atomic E-state index is 2.34. The zero-order chi connectivity index (χ0) is 8.48. The molecule has 0 aromatic carbocycles. The summed E-state index contributed by atoms with van der Waals surface area (Å²) in [6.07, 6.45) is 2.62. The van der Waals surface area contributed by atoms with E-state index in [9.17, 15) is 0 Å². The Labute approximate surface area is 89.1 Å². The van der Waals surface area contributed by atoms with Crippen LogP contribution in [0.15, 0.2) is 0 Å². The Balaban J connectivity index is 0.00000121. The van der Waals surface area contributed by atoms with Gasteiger partial charge in [0.2, 0.25) is 0 Å². The van der Waals surface area contributed by atoms with Gasteiger partial charge in [0.05, 0.1) is 0 Å². The van der Waals surface area contributed by atoms with E-state index in [2.05, 4.69) is 39.3 Å². The predicted octanol–water partition coefficient (Wildman–Crippen LogP) is -0.460. The van der Waals surface area contributed by atoms with Crippen molar-refractivity contribution in [2.24, 2.45) is 11.3 Å². The SMILES string of the molecule is CN1[CH-]C[C@@H](C(C)(C)C)CC1.[Li+]. The summed E-state index contributed by atoms with van der Waals surface area (Å²) in [7, 11) is 2.17. The van der Waals surface area contributed by atoms with Crippen molar-refractivity contribution in [2.45, 2.75) is 33.6 Å². The van der Waals surface area contributed by atoms with Gasteiger partial charge in [-0.1, -0.05) is 26.7 Å². The zero-order valence-corrected chi connectivity index (χ0v) is 9.22. The van der Waals surface area contributed by atoms with Crippen LogP contribution < -0.4 is 18.9 Å². The monoisotopic (exact) mass is 161 g/mol. The van der Waals surface area contributed by atoms with E-state index in [1.807, 2.05) is 0 Å². The summed E-state index contributed by atoms with van der Waals surface area (Å²) in [6.45, 7) is 10.6. The molecule has 0 amide bonds. The molecule has 0 aromatic heterocycles. The number of hydrogen-bond acceptors (Lipinski definition) is 1. The van der Waals surface area contributed by atoms with E-state index < -0.39 is 0 Å². The van der Waals surface area contributed by atoms with E-state index in [0.29, 0.717) is 5.41 Å². The van der Waals surface area contributed by atoms with Gasteiger partial charge in [0.1, 0.15) is 0 Å². The minimum Gasteiger partial charge on any atom is -0.459 e. The minimum absolute atomic E-state index is 0. The molecule has 0 aromatic rings. The first-order valence-electron chi connectivity index (χ1n) is 4.54. The third-order valence-corrected chi connectivity index (χ3v) is 2.76. The van der Waals surface area contributed by atoms with Crippen LogP contribution in [-0.4, -0.2) is 18.5 Å². The van der Waals surface area contributed by atoms with Crippen LogP contribution in [0.25, 0.3) is 0 Å². The molecule has 0 unspecified atom stereocenters. The molecular weight excluding hydrogens is 141 g/mol. The molecule has 0 aliphatic carbocycles. The van der Waals surface area contributed by atoms with E-state index in [1.54, 1.807) is 0 Å². The number of rotatable bonds is 0. The second kappa shape index (κ2) is 4.70. The molecule has 0 N–H and O–H groups in total. The molecule has 1 heterocycles. The molecule has 1 fully saturated rings. The molecule has 1 aliphatic heterocycles. The van der Waals surface area contributed by atoms with Gasteiger partial charge in [0.25, 0.3) is 0 Å². The van der Waals surface area contributed by atoms with Crippen LogP contribution in [0.1, 0.15) is 33.6 Å². The van der Waals surface area contributed by atoms with Crippen LogP contribution in [0.2, 0.25) is 0 Å². The van der Waals surface area contributed by atoms with Gasteiger partial charge in [-0.05, 0) is 25.4 Å². The number of nitrogens with zero attached hydrogens (tertiary/aromatic N) is 1. The van der Waals surface area contributed by atoms with Crippen molar-refractivity contribution in [3.8, 4) is 0 Å². The zero-order valence-electron chi connectivity index (χ0n) is 9.22. The van der Waals surface area contributed by atoms with Crippen LogP contribution >= 0.6 is 0 Å². The molecule has 12 heavy (non-hydrogen) atoms. The molecule has 1 aliphatic rings. The molecule has 1 atom stereocenters. The van der Waals surface area contributed by atoms with Gasteiger partial charge in [0, 0.05) is 0 Å². The third-order valence-electron chi connectivity index (χ3n) is 2.76. The first kappa shape index (κ1) is 12.6. The van der Waals surface area contributed by atoms with E-state index in [1.165, 1.54) is 19.4 Å². The maximum atomic E-state index is 2.34. The van der Waals surface area contributed by atoms with Crippen LogP contribution in [0, 0.1) is 17.9 Å². The third kappa shape index (κ3) is 3.52. The average Bonchev–Trinajstić information content (AvgIpc) is 1.86. The fourth-order valence-electron chi connectivity index (χ4n) is 1.66. The molecule has 0 saturated carbocycles. The summed E-state index contributed by atoms with van der Waals surface area (Å²) >= 11 is 0. The Hall–Kier alpha value is 0.557. The van der Waals surface area contributed by atoms with Gasteiger partial charge in [-0.15, -0.1) is 0 Å². The fourth-order valence-corrected chi connectivity index (χ4v) is 1.66. The number of hydrogen-bond donors (Lipinski definition) is 0. The molecule has 1 nitrogen and oxygen atoms in total. The van der Waals surface area contributed by atoms with E-state index in [4.69, 9.17) is 0 Å². The van der Waals surface area contributed by atoms with Gasteiger partial charge in [-0.25, -0.2) is 0 Å². The van der Waals surface area contributed by atoms with Crippen LogP contribution in [0.3, 0.4) is 0 Å². The minimum atomic E-state index is 0. The first-order valence-corrected chi connectivity index (χ1v) is 4.54. The second-order valence-electron chi connectivity index (χ2n) is 4.75. The number of likely N-dealkylation sites (tertiary alicyclic amines) is 1. The number of piperidine rings is 1. The summed E-state index contributed by atoms with van der Waals surface area (Å²) in [4.78, 5) is 2.31. The molecular formula is C10H20LiN. The largest absolute Gasteiger partial charge is 1.00 e. The summed E-state index contributed by atoms with van der Waals surface area (Å²) in [6, 6.07) is 0. The summed E-state index contributed by atoms with van der Waals surface area (Å²) in [5, 5.41) is 0. The molecule has 0 bridgehead atoms. The maximum Gasteiger partial charge on any atom is 1.00 e. The van der Waals surface area contributed by atoms with Crippen molar-refractivity contribution in [3.63, 3.8) is 0 Å². The second-order valence-corrected chi connectivity index (χ2v) is 4.75. The molecule has 0 spiro atoms.